The fourth-order valence-corrected chi connectivity index (χ4v) is 1.48. The van der Waals surface area contributed by atoms with Gasteiger partial charge in [-0.3, -0.25) is 9.48 Å². The zero-order chi connectivity index (χ0) is 9.47. The number of nitrogens with two attached hydrogens (primary N) is 1. The Morgan fingerprint density at radius 3 is 2.85 bits per heavy atom. The van der Waals surface area contributed by atoms with Crippen molar-refractivity contribution >= 4 is 0 Å². The quantitative estimate of drug-likeness (QED) is 0.696. The number of H-pyrrole nitrogens is 1. The van der Waals surface area contributed by atoms with Crippen LogP contribution in [0.3, 0.4) is 0 Å². The third-order valence-electron chi connectivity index (χ3n) is 2.80. The van der Waals surface area contributed by atoms with Gasteiger partial charge in [-0.25, -0.2) is 0 Å². The standard InChI is InChI=1S/C9H15N3O/c1-12-8(13)7(6-11-12)2-3-9(10)4-5-9/h6,11H,2-5,10H2,1H3. The number of nitrogens with zero attached hydrogens (tertiary/aromatic N) is 1. The van der Waals surface area contributed by atoms with Crippen molar-refractivity contribution in [2.24, 2.45) is 12.8 Å². The van der Waals surface area contributed by atoms with Crippen molar-refractivity contribution < 1.29 is 0 Å². The summed E-state index contributed by atoms with van der Waals surface area (Å²) in [5, 5.41) is 2.86. The lowest BCUT2D eigenvalue weighted by molar-refractivity contribution is 0.607. The van der Waals surface area contributed by atoms with Crippen LogP contribution in [0.2, 0.25) is 0 Å². The van der Waals surface area contributed by atoms with Crippen LogP contribution in [0, 0.1) is 0 Å². The lowest BCUT2D eigenvalue weighted by atomic mass is 10.1. The van der Waals surface area contributed by atoms with Gasteiger partial charge in [-0.2, -0.15) is 0 Å². The summed E-state index contributed by atoms with van der Waals surface area (Å²) in [7, 11) is 1.72. The topological polar surface area (TPSA) is 63.8 Å². The van der Waals surface area contributed by atoms with E-state index in [4.69, 9.17) is 5.73 Å². The van der Waals surface area contributed by atoms with Crippen molar-refractivity contribution in [2.75, 3.05) is 0 Å². The largest absolute Gasteiger partial charge is 0.325 e. The van der Waals surface area contributed by atoms with Gasteiger partial charge < -0.3 is 10.8 Å². The molecule has 0 unspecified atom stereocenters. The van der Waals surface area contributed by atoms with Crippen LogP contribution in [0.5, 0.6) is 0 Å². The Morgan fingerprint density at radius 1 is 1.69 bits per heavy atom. The Balaban J connectivity index is 2.02. The highest BCUT2D eigenvalue weighted by Gasteiger charge is 2.37. The fourth-order valence-electron chi connectivity index (χ4n) is 1.48. The molecule has 0 radical (unpaired) electrons. The van der Waals surface area contributed by atoms with Crippen molar-refractivity contribution in [1.82, 2.24) is 9.78 Å². The van der Waals surface area contributed by atoms with E-state index in [9.17, 15) is 4.79 Å². The molecule has 1 aliphatic carbocycles. The van der Waals surface area contributed by atoms with Gasteiger partial charge in [0.15, 0.2) is 0 Å². The van der Waals surface area contributed by atoms with Gasteiger partial charge in [0.05, 0.1) is 0 Å². The molecular formula is C9H15N3O. The van der Waals surface area contributed by atoms with Gasteiger partial charge in [0, 0.05) is 24.3 Å². The molecular weight excluding hydrogens is 166 g/mol. The van der Waals surface area contributed by atoms with E-state index in [1.165, 1.54) is 4.68 Å². The predicted molar refractivity (Wildman–Crippen MR) is 50.5 cm³/mol. The van der Waals surface area contributed by atoms with E-state index in [0.717, 1.165) is 31.2 Å². The minimum Gasteiger partial charge on any atom is -0.325 e. The van der Waals surface area contributed by atoms with E-state index >= 15 is 0 Å². The first kappa shape index (κ1) is 8.56. The zero-order valence-corrected chi connectivity index (χ0v) is 7.84. The summed E-state index contributed by atoms with van der Waals surface area (Å²) in [6.07, 6.45) is 5.72. The highest BCUT2D eigenvalue weighted by atomic mass is 16.1. The average Bonchev–Trinajstić information content (AvgIpc) is 2.75. The molecule has 4 nitrogen and oxygen atoms in total. The van der Waals surface area contributed by atoms with Gasteiger partial charge in [-0.15, -0.1) is 0 Å². The summed E-state index contributed by atoms with van der Waals surface area (Å²) in [5.74, 6) is 0. The molecule has 13 heavy (non-hydrogen) atoms. The molecule has 3 N–H and O–H groups in total. The maximum Gasteiger partial charge on any atom is 0.269 e. The van der Waals surface area contributed by atoms with Crippen molar-refractivity contribution in [3.63, 3.8) is 0 Å². The first-order valence-electron chi connectivity index (χ1n) is 4.63. The molecule has 0 amide bonds. The molecule has 0 bridgehead atoms. The molecule has 0 aromatic carbocycles. The second-order valence-electron chi connectivity index (χ2n) is 4.03. The van der Waals surface area contributed by atoms with Gasteiger partial charge in [0.2, 0.25) is 0 Å². The molecule has 2 rings (SSSR count). The van der Waals surface area contributed by atoms with Crippen LogP contribution >= 0.6 is 0 Å². The molecule has 1 aromatic heterocycles. The summed E-state index contributed by atoms with van der Waals surface area (Å²) >= 11 is 0. The third kappa shape index (κ3) is 1.67. The molecule has 1 aliphatic rings. The molecule has 1 aromatic rings. The third-order valence-corrected chi connectivity index (χ3v) is 2.80. The van der Waals surface area contributed by atoms with E-state index in [1.807, 2.05) is 0 Å². The van der Waals surface area contributed by atoms with Gasteiger partial charge >= 0.3 is 0 Å². The molecule has 72 valence electrons. The molecule has 4 heteroatoms. The minimum atomic E-state index is 0.0439. The lowest BCUT2D eigenvalue weighted by Gasteiger charge is -2.04. The van der Waals surface area contributed by atoms with Crippen molar-refractivity contribution in [3.8, 4) is 0 Å². The van der Waals surface area contributed by atoms with Crippen molar-refractivity contribution in [1.29, 1.82) is 0 Å². The van der Waals surface area contributed by atoms with E-state index in [0.29, 0.717) is 0 Å². The van der Waals surface area contributed by atoms with Crippen LogP contribution in [-0.2, 0) is 13.5 Å². The van der Waals surface area contributed by atoms with Gasteiger partial charge in [0.1, 0.15) is 0 Å². The molecule has 0 aliphatic heterocycles. The normalized spacial score (nSPS) is 18.9. The zero-order valence-electron chi connectivity index (χ0n) is 7.84. The van der Waals surface area contributed by atoms with E-state index in [-0.39, 0.29) is 11.1 Å². The smallest absolute Gasteiger partial charge is 0.269 e. The van der Waals surface area contributed by atoms with Crippen LogP contribution in [0.1, 0.15) is 24.8 Å². The summed E-state index contributed by atoms with van der Waals surface area (Å²) in [6.45, 7) is 0. The van der Waals surface area contributed by atoms with Gasteiger partial charge in [-0.05, 0) is 25.7 Å². The highest BCUT2D eigenvalue weighted by Crippen LogP contribution is 2.36. The Bertz CT molecular complexity index is 359. The molecule has 0 spiro atoms. The summed E-state index contributed by atoms with van der Waals surface area (Å²) in [5.41, 5.74) is 6.90. The summed E-state index contributed by atoms with van der Waals surface area (Å²) < 4.78 is 1.49. The van der Waals surface area contributed by atoms with E-state index < -0.39 is 0 Å². The maximum absolute atomic E-state index is 11.4. The maximum atomic E-state index is 11.4. The SMILES string of the molecule is Cn1[nH]cc(CCC2(N)CC2)c1=O. The number of hydrogen-bond donors (Lipinski definition) is 2. The number of aromatic nitrogens is 2. The average molecular weight is 181 g/mol. The number of aryl methyl sites for hydroxylation is 2. The first-order chi connectivity index (χ1) is 6.11. The predicted octanol–water partition coefficient (Wildman–Crippen LogP) is 0.137. The van der Waals surface area contributed by atoms with Crippen LogP contribution in [-0.4, -0.2) is 15.3 Å². The van der Waals surface area contributed by atoms with Crippen LogP contribution in [0.25, 0.3) is 0 Å². The van der Waals surface area contributed by atoms with E-state index in [2.05, 4.69) is 5.10 Å². The monoisotopic (exact) mass is 181 g/mol. The summed E-state index contributed by atoms with van der Waals surface area (Å²) in [4.78, 5) is 11.4. The Morgan fingerprint density at radius 2 is 2.38 bits per heavy atom. The van der Waals surface area contributed by atoms with Crippen molar-refractivity contribution in [3.05, 3.63) is 22.1 Å². The number of nitrogens with one attached hydrogen (secondary N) is 1. The lowest BCUT2D eigenvalue weighted by Crippen LogP contribution is -2.24. The fraction of sp³-hybridized carbons (Fsp3) is 0.667. The summed E-state index contributed by atoms with van der Waals surface area (Å²) in [6, 6.07) is 0. The first-order valence-corrected chi connectivity index (χ1v) is 4.63. The van der Waals surface area contributed by atoms with Crippen molar-refractivity contribution in [2.45, 2.75) is 31.2 Å². The molecule has 1 fully saturated rings. The Kier molecular flexibility index (Phi) is 1.80. The second-order valence-corrected chi connectivity index (χ2v) is 4.03. The number of aromatic amines is 1. The van der Waals surface area contributed by atoms with E-state index in [1.54, 1.807) is 13.2 Å². The molecule has 1 saturated carbocycles. The molecule has 0 atom stereocenters. The number of hydrogen-bond acceptors (Lipinski definition) is 2. The van der Waals surface area contributed by atoms with Crippen LogP contribution < -0.4 is 11.3 Å². The minimum absolute atomic E-state index is 0.0439. The molecule has 1 heterocycles. The number of rotatable bonds is 3. The molecule has 0 saturated heterocycles. The van der Waals surface area contributed by atoms with Gasteiger partial charge in [0.25, 0.3) is 5.56 Å². The van der Waals surface area contributed by atoms with Crippen LogP contribution in [0.15, 0.2) is 11.0 Å². The van der Waals surface area contributed by atoms with Gasteiger partial charge in [-0.1, -0.05) is 0 Å². The Labute approximate surface area is 76.7 Å². The highest BCUT2D eigenvalue weighted by molar-refractivity contribution is 5.08. The van der Waals surface area contributed by atoms with Crippen LogP contribution in [0.4, 0.5) is 0 Å². The second kappa shape index (κ2) is 2.73. The Hall–Kier alpha value is -1.03.